The molecule has 0 aliphatic rings. The molecule has 0 saturated heterocycles. The van der Waals surface area contributed by atoms with E-state index >= 15 is 0 Å². The van der Waals surface area contributed by atoms with Crippen LogP contribution >= 0.6 is 0 Å². The summed E-state index contributed by atoms with van der Waals surface area (Å²) in [5, 5.41) is 0. The SMILES string of the molecule is [CH2]OCCC(C)=CC. The second kappa shape index (κ2) is 4.85. The Labute approximate surface area is 51.4 Å². The van der Waals surface area contributed by atoms with Gasteiger partial charge in [0, 0.05) is 0 Å². The van der Waals surface area contributed by atoms with Gasteiger partial charge in [-0.25, -0.2) is 0 Å². The molecule has 0 heterocycles. The van der Waals surface area contributed by atoms with E-state index in [2.05, 4.69) is 24.8 Å². The van der Waals surface area contributed by atoms with E-state index in [1.807, 2.05) is 6.92 Å². The van der Waals surface area contributed by atoms with E-state index in [1.165, 1.54) is 5.57 Å². The number of hydrogen-bond donors (Lipinski definition) is 0. The van der Waals surface area contributed by atoms with Crippen LogP contribution in [0.4, 0.5) is 0 Å². The third-order valence-corrected chi connectivity index (χ3v) is 1.13. The van der Waals surface area contributed by atoms with Crippen molar-refractivity contribution in [2.45, 2.75) is 20.3 Å². The zero-order chi connectivity index (χ0) is 6.41. The monoisotopic (exact) mass is 113 g/mol. The maximum atomic E-state index is 4.62. The first kappa shape index (κ1) is 7.70. The second-order valence-electron chi connectivity index (χ2n) is 1.79. The molecule has 0 rings (SSSR count). The van der Waals surface area contributed by atoms with E-state index in [0.717, 1.165) is 13.0 Å². The smallest absolute Gasteiger partial charge is 0.0700 e. The summed E-state index contributed by atoms with van der Waals surface area (Å²) in [6.45, 7) is 4.84. The number of hydrogen-bond acceptors (Lipinski definition) is 1. The molecule has 0 aromatic carbocycles. The van der Waals surface area contributed by atoms with E-state index in [9.17, 15) is 0 Å². The lowest BCUT2D eigenvalue weighted by Gasteiger charge is -1.95. The van der Waals surface area contributed by atoms with Gasteiger partial charge in [0.25, 0.3) is 0 Å². The highest BCUT2D eigenvalue weighted by Crippen LogP contribution is 1.97. The Morgan fingerprint density at radius 1 is 1.75 bits per heavy atom. The summed E-state index contributed by atoms with van der Waals surface area (Å²) in [5.41, 5.74) is 1.36. The van der Waals surface area contributed by atoms with Crippen LogP contribution in [-0.2, 0) is 4.74 Å². The fourth-order valence-corrected chi connectivity index (χ4v) is 0.377. The maximum absolute atomic E-state index is 4.62. The topological polar surface area (TPSA) is 9.23 Å². The molecule has 1 heteroatoms. The molecule has 0 aromatic heterocycles. The summed E-state index contributed by atoms with van der Waals surface area (Å²) < 4.78 is 4.62. The molecule has 0 unspecified atom stereocenters. The van der Waals surface area contributed by atoms with Crippen LogP contribution in [0.2, 0.25) is 0 Å². The third kappa shape index (κ3) is 3.88. The number of rotatable bonds is 3. The van der Waals surface area contributed by atoms with Crippen molar-refractivity contribution in [2.24, 2.45) is 0 Å². The standard InChI is InChI=1S/C7H13O/c1-4-7(2)5-6-8-3/h4H,3,5-6H2,1-2H3. The van der Waals surface area contributed by atoms with Crippen molar-refractivity contribution >= 4 is 0 Å². The Bertz CT molecular complexity index is 74.5. The Kier molecular flexibility index (Phi) is 4.67. The van der Waals surface area contributed by atoms with Gasteiger partial charge in [-0.05, 0) is 20.3 Å². The zero-order valence-corrected chi connectivity index (χ0v) is 5.61. The van der Waals surface area contributed by atoms with Crippen LogP contribution in [0.15, 0.2) is 11.6 Å². The van der Waals surface area contributed by atoms with Gasteiger partial charge >= 0.3 is 0 Å². The molecule has 0 amide bonds. The van der Waals surface area contributed by atoms with Crippen LogP contribution in [-0.4, -0.2) is 6.61 Å². The molecule has 0 aromatic rings. The summed E-state index contributed by atoms with van der Waals surface area (Å²) in [6, 6.07) is 0. The van der Waals surface area contributed by atoms with Crippen LogP contribution in [0, 0.1) is 7.11 Å². The van der Waals surface area contributed by atoms with Gasteiger partial charge in [0.05, 0.1) is 13.7 Å². The Morgan fingerprint density at radius 2 is 2.38 bits per heavy atom. The first-order valence-corrected chi connectivity index (χ1v) is 2.80. The van der Waals surface area contributed by atoms with Crippen molar-refractivity contribution in [3.05, 3.63) is 18.8 Å². The Balaban J connectivity index is 3.12. The summed E-state index contributed by atoms with van der Waals surface area (Å²) in [5.74, 6) is 0. The minimum atomic E-state index is 0.732. The summed E-state index contributed by atoms with van der Waals surface area (Å²) in [7, 11) is 3.26. The highest BCUT2D eigenvalue weighted by molar-refractivity contribution is 4.94. The van der Waals surface area contributed by atoms with Crippen LogP contribution in [0.3, 0.4) is 0 Å². The van der Waals surface area contributed by atoms with Gasteiger partial charge in [-0.3, -0.25) is 0 Å². The molecular formula is C7H13O. The second-order valence-corrected chi connectivity index (χ2v) is 1.79. The van der Waals surface area contributed by atoms with Crippen LogP contribution in [0.5, 0.6) is 0 Å². The molecule has 0 spiro atoms. The molecule has 1 nitrogen and oxygen atoms in total. The molecule has 0 saturated carbocycles. The summed E-state index contributed by atoms with van der Waals surface area (Å²) in [4.78, 5) is 0. The van der Waals surface area contributed by atoms with E-state index < -0.39 is 0 Å². The average Bonchev–Trinajstić information content (AvgIpc) is 1.83. The van der Waals surface area contributed by atoms with Gasteiger partial charge in [0.15, 0.2) is 0 Å². The van der Waals surface area contributed by atoms with Crippen molar-refractivity contribution < 1.29 is 4.74 Å². The van der Waals surface area contributed by atoms with Crippen molar-refractivity contribution in [3.8, 4) is 0 Å². The number of allylic oxidation sites excluding steroid dienone is 1. The van der Waals surface area contributed by atoms with Gasteiger partial charge in [-0.1, -0.05) is 11.6 Å². The lowest BCUT2D eigenvalue weighted by Crippen LogP contribution is -1.86. The van der Waals surface area contributed by atoms with Crippen molar-refractivity contribution in [2.75, 3.05) is 6.61 Å². The molecule has 8 heavy (non-hydrogen) atoms. The van der Waals surface area contributed by atoms with Crippen molar-refractivity contribution in [3.63, 3.8) is 0 Å². The Hall–Kier alpha value is -0.300. The first-order chi connectivity index (χ1) is 3.81. The first-order valence-electron chi connectivity index (χ1n) is 2.80. The maximum Gasteiger partial charge on any atom is 0.0700 e. The van der Waals surface area contributed by atoms with Gasteiger partial charge < -0.3 is 4.74 Å². The zero-order valence-electron chi connectivity index (χ0n) is 5.61. The predicted octanol–water partition coefficient (Wildman–Crippen LogP) is 2.15. The fraction of sp³-hybridized carbons (Fsp3) is 0.571. The van der Waals surface area contributed by atoms with Gasteiger partial charge in [-0.2, -0.15) is 0 Å². The van der Waals surface area contributed by atoms with E-state index in [-0.39, 0.29) is 0 Å². The van der Waals surface area contributed by atoms with Crippen LogP contribution < -0.4 is 0 Å². The van der Waals surface area contributed by atoms with Crippen LogP contribution in [0.1, 0.15) is 20.3 Å². The van der Waals surface area contributed by atoms with Gasteiger partial charge in [0.2, 0.25) is 0 Å². The molecular weight excluding hydrogens is 100 g/mol. The molecule has 0 bridgehead atoms. The minimum Gasteiger partial charge on any atom is -0.379 e. The van der Waals surface area contributed by atoms with Gasteiger partial charge in [-0.15, -0.1) is 0 Å². The molecule has 0 atom stereocenters. The van der Waals surface area contributed by atoms with Crippen LogP contribution in [0.25, 0.3) is 0 Å². The minimum absolute atomic E-state index is 0.732. The van der Waals surface area contributed by atoms with Crippen molar-refractivity contribution in [1.29, 1.82) is 0 Å². The lowest BCUT2D eigenvalue weighted by molar-refractivity contribution is 0.246. The van der Waals surface area contributed by atoms with E-state index in [4.69, 9.17) is 0 Å². The largest absolute Gasteiger partial charge is 0.379 e. The van der Waals surface area contributed by atoms with E-state index in [1.54, 1.807) is 0 Å². The Morgan fingerprint density at radius 3 is 2.75 bits per heavy atom. The quantitative estimate of drug-likeness (QED) is 0.509. The molecule has 0 fully saturated rings. The van der Waals surface area contributed by atoms with Crippen molar-refractivity contribution in [1.82, 2.24) is 0 Å². The molecule has 1 radical (unpaired) electrons. The van der Waals surface area contributed by atoms with E-state index in [0.29, 0.717) is 0 Å². The molecule has 0 aliphatic carbocycles. The lowest BCUT2D eigenvalue weighted by atomic mass is 10.2. The molecule has 0 N–H and O–H groups in total. The average molecular weight is 113 g/mol. The summed E-state index contributed by atoms with van der Waals surface area (Å²) in [6.07, 6.45) is 3.08. The normalized spacial score (nSPS) is 12.1. The molecule has 0 aliphatic heterocycles. The molecule has 47 valence electrons. The predicted molar refractivity (Wildman–Crippen MR) is 35.4 cm³/mol. The third-order valence-electron chi connectivity index (χ3n) is 1.13. The summed E-state index contributed by atoms with van der Waals surface area (Å²) >= 11 is 0. The number of ether oxygens (including phenoxy) is 1. The fourth-order valence-electron chi connectivity index (χ4n) is 0.377. The van der Waals surface area contributed by atoms with Gasteiger partial charge in [0.1, 0.15) is 0 Å². The highest BCUT2D eigenvalue weighted by Gasteiger charge is 1.84. The highest BCUT2D eigenvalue weighted by atomic mass is 16.5.